The zero-order valence-corrected chi connectivity index (χ0v) is 17.9. The van der Waals surface area contributed by atoms with E-state index in [-0.39, 0.29) is 18.4 Å². The number of hydrogen-bond acceptors (Lipinski definition) is 6. The highest BCUT2D eigenvalue weighted by Gasteiger charge is 2.32. The van der Waals surface area contributed by atoms with E-state index in [4.69, 9.17) is 9.47 Å². The largest absolute Gasteiger partial charge is 0.481 e. The van der Waals surface area contributed by atoms with Crippen molar-refractivity contribution in [2.24, 2.45) is 5.92 Å². The summed E-state index contributed by atoms with van der Waals surface area (Å²) in [7, 11) is 0. The molecular formula is C22H28N3O4S+. The molecule has 0 amide bonds. The Bertz CT molecular complexity index is 957. The molecule has 3 heterocycles. The molecule has 1 atom stereocenters. The van der Waals surface area contributed by atoms with Crippen molar-refractivity contribution in [2.75, 3.05) is 26.3 Å². The Morgan fingerprint density at radius 1 is 1.23 bits per heavy atom. The van der Waals surface area contributed by atoms with Gasteiger partial charge < -0.3 is 14.6 Å². The van der Waals surface area contributed by atoms with E-state index in [2.05, 4.69) is 20.8 Å². The number of rotatable bonds is 5. The maximum Gasteiger partial charge on any atom is 0.303 e. The van der Waals surface area contributed by atoms with Crippen LogP contribution in [0.5, 0.6) is 5.88 Å². The molecule has 7 nitrogen and oxygen atoms in total. The average molecular weight is 431 g/mol. The van der Waals surface area contributed by atoms with Gasteiger partial charge in [-0.15, -0.1) is 11.3 Å². The molecule has 2 aromatic rings. The summed E-state index contributed by atoms with van der Waals surface area (Å²) in [6, 6.07) is 0. The van der Waals surface area contributed by atoms with E-state index in [1.165, 1.54) is 4.88 Å². The van der Waals surface area contributed by atoms with E-state index in [0.717, 1.165) is 80.6 Å². The normalized spacial score (nSPS) is 26.5. The van der Waals surface area contributed by atoms with E-state index in [0.29, 0.717) is 11.8 Å². The molecule has 160 valence electrons. The van der Waals surface area contributed by atoms with Crippen LogP contribution in [-0.4, -0.2) is 64.2 Å². The van der Waals surface area contributed by atoms with E-state index in [1.807, 2.05) is 0 Å². The number of aromatic nitrogens is 2. The molecule has 0 radical (unpaired) electrons. The number of aryl methyl sites for hydroxylation is 1. The first-order valence-corrected chi connectivity index (χ1v) is 11.8. The third-order valence-corrected chi connectivity index (χ3v) is 7.75. The van der Waals surface area contributed by atoms with Crippen molar-refractivity contribution in [3.05, 3.63) is 16.8 Å². The fourth-order valence-corrected chi connectivity index (χ4v) is 6.31. The van der Waals surface area contributed by atoms with Crippen molar-refractivity contribution in [3.63, 3.8) is 0 Å². The molecule has 0 spiro atoms. The summed E-state index contributed by atoms with van der Waals surface area (Å²) < 4.78 is 14.2. The quantitative estimate of drug-likeness (QED) is 0.733. The third-order valence-electron chi connectivity index (χ3n) is 6.58. The lowest BCUT2D eigenvalue weighted by atomic mass is 9.88. The summed E-state index contributed by atoms with van der Waals surface area (Å²) in [6.07, 6.45) is 10.4. The number of carboxylic acids is 1. The van der Waals surface area contributed by atoms with Gasteiger partial charge in [0.25, 0.3) is 0 Å². The first kappa shape index (κ1) is 19.9. The molecule has 1 N–H and O–H groups in total. The lowest BCUT2D eigenvalue weighted by Crippen LogP contribution is -2.33. The number of thiophene rings is 1. The maximum absolute atomic E-state index is 11.3. The Morgan fingerprint density at radius 3 is 2.80 bits per heavy atom. The second-order valence-electron chi connectivity index (χ2n) is 8.58. The minimum Gasteiger partial charge on any atom is -0.481 e. The lowest BCUT2D eigenvalue weighted by Gasteiger charge is -2.26. The number of aliphatic carboxylic acids is 1. The van der Waals surface area contributed by atoms with E-state index in [1.54, 1.807) is 17.7 Å². The summed E-state index contributed by atoms with van der Waals surface area (Å²) in [5.41, 5.74) is 1.13. The van der Waals surface area contributed by atoms with Gasteiger partial charge >= 0.3 is 5.97 Å². The zero-order valence-electron chi connectivity index (χ0n) is 17.1. The van der Waals surface area contributed by atoms with Gasteiger partial charge in [0.1, 0.15) is 36.7 Å². The monoisotopic (exact) mass is 430 g/mol. The van der Waals surface area contributed by atoms with Crippen LogP contribution in [0.1, 0.15) is 54.9 Å². The molecule has 2 fully saturated rings. The van der Waals surface area contributed by atoms with Gasteiger partial charge in [-0.1, -0.05) is 0 Å². The Balaban J connectivity index is 1.30. The Labute approximate surface area is 179 Å². The van der Waals surface area contributed by atoms with Gasteiger partial charge in [0.2, 0.25) is 5.88 Å². The van der Waals surface area contributed by atoms with Crippen LogP contribution < -0.4 is 4.74 Å². The summed E-state index contributed by atoms with van der Waals surface area (Å²) >= 11 is 1.67. The molecule has 0 bridgehead atoms. The zero-order chi connectivity index (χ0) is 20.5. The minimum atomic E-state index is -0.749. The highest BCUT2D eigenvalue weighted by Crippen LogP contribution is 2.47. The average Bonchev–Trinajstić information content (AvgIpc) is 3.30. The van der Waals surface area contributed by atoms with Crippen molar-refractivity contribution in [1.29, 1.82) is 0 Å². The predicted octanol–water partition coefficient (Wildman–Crippen LogP) is 3.25. The lowest BCUT2D eigenvalue weighted by molar-refractivity contribution is -0.547. The molecule has 30 heavy (non-hydrogen) atoms. The summed E-state index contributed by atoms with van der Waals surface area (Å²) in [5.74, 6) is 0.550. The smallest absolute Gasteiger partial charge is 0.303 e. The SMILES string of the molecule is O=C(O)CC1CCc2sc3ncnc(OC4CCC(C=[N+]5CCOCC5)CC4)c3c21. The Hall–Kier alpha value is -2.06. The molecule has 0 aromatic carbocycles. The fraction of sp³-hybridized carbons (Fsp3) is 0.636. The van der Waals surface area contributed by atoms with Crippen LogP contribution in [0.25, 0.3) is 10.2 Å². The summed E-state index contributed by atoms with van der Waals surface area (Å²) in [6.45, 7) is 3.64. The van der Waals surface area contributed by atoms with Gasteiger partial charge in [0.05, 0.1) is 11.8 Å². The van der Waals surface area contributed by atoms with E-state index >= 15 is 0 Å². The van der Waals surface area contributed by atoms with Crippen LogP contribution >= 0.6 is 11.3 Å². The van der Waals surface area contributed by atoms with Crippen molar-refractivity contribution < 1.29 is 24.0 Å². The van der Waals surface area contributed by atoms with Gasteiger partial charge in [-0.05, 0) is 50.0 Å². The molecule has 2 aromatic heterocycles. The third kappa shape index (κ3) is 4.07. The van der Waals surface area contributed by atoms with Gasteiger partial charge in [-0.25, -0.2) is 14.5 Å². The second-order valence-corrected chi connectivity index (χ2v) is 9.67. The van der Waals surface area contributed by atoms with Gasteiger partial charge in [-0.2, -0.15) is 0 Å². The number of carbonyl (C=O) groups is 1. The number of hydrogen-bond donors (Lipinski definition) is 1. The molecule has 1 saturated heterocycles. The second kappa shape index (κ2) is 8.59. The molecule has 1 unspecified atom stereocenters. The van der Waals surface area contributed by atoms with Crippen molar-refractivity contribution >= 4 is 33.7 Å². The van der Waals surface area contributed by atoms with E-state index < -0.39 is 5.97 Å². The molecule has 2 aliphatic carbocycles. The van der Waals surface area contributed by atoms with Crippen LogP contribution in [0, 0.1) is 5.92 Å². The Kier molecular flexibility index (Phi) is 5.69. The molecule has 3 aliphatic rings. The first-order chi connectivity index (χ1) is 14.7. The number of ether oxygens (including phenoxy) is 2. The highest BCUT2D eigenvalue weighted by atomic mass is 32.1. The topological polar surface area (TPSA) is 84.6 Å². The maximum atomic E-state index is 11.3. The van der Waals surface area contributed by atoms with Crippen LogP contribution in [0.3, 0.4) is 0 Å². The molecule has 5 rings (SSSR count). The Morgan fingerprint density at radius 2 is 2.03 bits per heavy atom. The highest BCUT2D eigenvalue weighted by molar-refractivity contribution is 7.19. The number of morpholine rings is 1. The van der Waals surface area contributed by atoms with Crippen LogP contribution in [0.15, 0.2) is 6.33 Å². The molecule has 1 saturated carbocycles. The number of nitrogens with zero attached hydrogens (tertiary/aromatic N) is 3. The first-order valence-electron chi connectivity index (χ1n) is 11.0. The number of fused-ring (bicyclic) bond motifs is 3. The molecular weight excluding hydrogens is 402 g/mol. The van der Waals surface area contributed by atoms with Crippen LogP contribution in [0.2, 0.25) is 0 Å². The van der Waals surface area contributed by atoms with E-state index in [9.17, 15) is 9.90 Å². The van der Waals surface area contributed by atoms with Gasteiger partial charge in [0.15, 0.2) is 13.1 Å². The van der Waals surface area contributed by atoms with Crippen LogP contribution in [-0.2, 0) is 16.0 Å². The van der Waals surface area contributed by atoms with Crippen molar-refractivity contribution in [3.8, 4) is 5.88 Å². The fourth-order valence-electron chi connectivity index (χ4n) is 5.08. The van der Waals surface area contributed by atoms with Gasteiger partial charge in [0, 0.05) is 10.8 Å². The van der Waals surface area contributed by atoms with Gasteiger partial charge in [-0.3, -0.25) is 4.79 Å². The molecule has 1 aliphatic heterocycles. The van der Waals surface area contributed by atoms with Crippen LogP contribution in [0.4, 0.5) is 0 Å². The number of carboxylic acid groups (broad SMARTS) is 1. The summed E-state index contributed by atoms with van der Waals surface area (Å²) in [5, 5.41) is 10.3. The predicted molar refractivity (Wildman–Crippen MR) is 114 cm³/mol. The van der Waals surface area contributed by atoms with Crippen molar-refractivity contribution in [1.82, 2.24) is 9.97 Å². The minimum absolute atomic E-state index is 0.0402. The summed E-state index contributed by atoms with van der Waals surface area (Å²) in [4.78, 5) is 22.4. The molecule has 8 heteroatoms. The standard InChI is InChI=1S/C22H27N3O4S/c26-18(27)11-15-3-6-17-19(15)20-21(23-13-24-22(20)30-17)29-16-4-1-14(2-5-16)12-25-7-9-28-10-8-25/h12-16H,1-11H2/p+1. The van der Waals surface area contributed by atoms with Crippen molar-refractivity contribution in [2.45, 2.75) is 57.0 Å².